The zero-order valence-corrected chi connectivity index (χ0v) is 27.2. The highest BCUT2D eigenvalue weighted by molar-refractivity contribution is 6.84. The quantitative estimate of drug-likeness (QED) is 0.0817. The van der Waals surface area contributed by atoms with Crippen molar-refractivity contribution in [3.63, 3.8) is 0 Å². The number of carbonyl (C=O) groups is 3. The van der Waals surface area contributed by atoms with Crippen LogP contribution in [0.1, 0.15) is 82.5 Å². The van der Waals surface area contributed by atoms with Gasteiger partial charge in [0.2, 0.25) is 16.9 Å². The van der Waals surface area contributed by atoms with Crippen molar-refractivity contribution in [1.82, 2.24) is 9.80 Å². The molecule has 8 nitrogen and oxygen atoms in total. The summed E-state index contributed by atoms with van der Waals surface area (Å²) in [4.78, 5) is 51.2. The molecule has 0 fully saturated rings. The van der Waals surface area contributed by atoms with Gasteiger partial charge in [0.25, 0.3) is 0 Å². The lowest BCUT2D eigenvalue weighted by Gasteiger charge is -2.32. The number of ketones is 2. The van der Waals surface area contributed by atoms with Crippen LogP contribution in [0.15, 0.2) is 70.8 Å². The maximum atomic E-state index is 13.6. The number of benzene rings is 3. The Kier molecular flexibility index (Phi) is 10.0. The van der Waals surface area contributed by atoms with Crippen LogP contribution in [-0.4, -0.2) is 66.8 Å². The fraction of sp³-hybridized carbons (Fsp3) is 0.343. The van der Waals surface area contributed by atoms with E-state index < -0.39 is 17.0 Å². The highest BCUT2D eigenvalue weighted by Gasteiger charge is 2.42. The molecule has 0 spiro atoms. The summed E-state index contributed by atoms with van der Waals surface area (Å²) < 4.78 is 0. The van der Waals surface area contributed by atoms with E-state index in [1.54, 1.807) is 50.1 Å². The van der Waals surface area contributed by atoms with Gasteiger partial charge < -0.3 is 9.80 Å². The molecule has 0 aromatic heterocycles. The second-order valence-electron chi connectivity index (χ2n) is 11.5. The summed E-state index contributed by atoms with van der Waals surface area (Å²) in [5, 5.41) is 3.07. The Morgan fingerprint density at radius 3 is 1.91 bits per heavy atom. The lowest BCUT2D eigenvalue weighted by atomic mass is 9.71. The maximum absolute atomic E-state index is 13.6. The Morgan fingerprint density at radius 1 is 0.818 bits per heavy atom. The third-order valence-corrected chi connectivity index (χ3v) is 8.25. The molecule has 0 heterocycles. The molecule has 1 aliphatic rings. The minimum Gasteiger partial charge on any atom is -0.348 e. The van der Waals surface area contributed by atoms with Crippen LogP contribution in [-0.2, 0) is 10.3 Å². The molecule has 0 N–H and O–H groups in total. The Labute approximate surface area is 264 Å². The van der Waals surface area contributed by atoms with Crippen molar-refractivity contribution >= 4 is 40.4 Å². The van der Waals surface area contributed by atoms with Gasteiger partial charge in [-0.15, -0.1) is 4.99 Å². The number of fused-ring (bicyclic) bond motifs is 3. The fourth-order valence-electron chi connectivity index (χ4n) is 6.24. The fourth-order valence-corrected chi connectivity index (χ4v) is 6.38. The highest BCUT2D eigenvalue weighted by atomic mass is 35.5. The second-order valence-corrected chi connectivity index (χ2v) is 11.9. The number of nitrogens with zero attached hydrogens (tertiary/aromatic N) is 4. The number of halogens is 1. The van der Waals surface area contributed by atoms with Crippen LogP contribution in [0.5, 0.6) is 0 Å². The number of aliphatic imine (C=N–C) groups is 1. The summed E-state index contributed by atoms with van der Waals surface area (Å²) in [6.45, 7) is 6.27. The van der Waals surface area contributed by atoms with E-state index in [0.29, 0.717) is 22.6 Å². The number of amides is 1. The molecule has 0 aliphatic heterocycles. The van der Waals surface area contributed by atoms with Gasteiger partial charge in [-0.05, 0) is 59.7 Å². The van der Waals surface area contributed by atoms with Crippen LogP contribution in [0.4, 0.5) is 4.79 Å². The molecule has 0 saturated heterocycles. The van der Waals surface area contributed by atoms with E-state index in [-0.39, 0.29) is 11.2 Å². The number of guanidine groups is 1. The first kappa shape index (κ1) is 32.6. The molecule has 0 bridgehead atoms. The summed E-state index contributed by atoms with van der Waals surface area (Å²) in [6.07, 6.45) is 2.80. The van der Waals surface area contributed by atoms with E-state index in [0.717, 1.165) is 53.5 Å². The van der Waals surface area contributed by atoms with E-state index in [1.165, 1.54) is 0 Å². The number of oxime groups is 1. The van der Waals surface area contributed by atoms with Gasteiger partial charge in [0.15, 0.2) is 5.78 Å². The Morgan fingerprint density at radius 2 is 1.36 bits per heavy atom. The van der Waals surface area contributed by atoms with Crippen molar-refractivity contribution < 1.29 is 19.2 Å². The molecule has 3 aromatic rings. The van der Waals surface area contributed by atoms with Crippen molar-refractivity contribution in [2.24, 2.45) is 10.1 Å². The summed E-state index contributed by atoms with van der Waals surface area (Å²) in [5.41, 5.74) is 6.33. The van der Waals surface area contributed by atoms with Gasteiger partial charge >= 0.3 is 6.09 Å². The molecular formula is C35H39ClN4O4. The van der Waals surface area contributed by atoms with Crippen LogP contribution in [0, 0.1) is 6.92 Å². The van der Waals surface area contributed by atoms with E-state index in [1.807, 2.05) is 49.4 Å². The monoisotopic (exact) mass is 614 g/mol. The lowest BCUT2D eigenvalue weighted by molar-refractivity contribution is 0.103. The van der Waals surface area contributed by atoms with E-state index in [2.05, 4.69) is 30.1 Å². The molecule has 1 aliphatic carbocycles. The predicted molar refractivity (Wildman–Crippen MR) is 176 cm³/mol. The smallest absolute Gasteiger partial charge is 0.348 e. The molecule has 0 saturated carbocycles. The standard InChI is InChI=1S/C35H39ClN4O4/c1-8-18-35(19-9-2)28-16-14-23(30(41)25-13-11-10-12-22(25)3)20-26(28)27-21-24(15-17-29(27)35)31(42)32(36)38-44-34(43)37-33(39(4)5)40(6)7/h10-17,20-21H,8-9,18-19H2,1-7H3/b38-32-. The lowest BCUT2D eigenvalue weighted by Crippen LogP contribution is -2.36. The molecule has 4 rings (SSSR count). The van der Waals surface area contributed by atoms with Crippen molar-refractivity contribution in [2.75, 3.05) is 28.2 Å². The highest BCUT2D eigenvalue weighted by Crippen LogP contribution is 2.54. The van der Waals surface area contributed by atoms with Crippen LogP contribution >= 0.6 is 11.6 Å². The average Bonchev–Trinajstić information content (AvgIpc) is 3.26. The number of carbonyl (C=O) groups excluding carboxylic acids is 3. The first-order valence-corrected chi connectivity index (χ1v) is 15.1. The minimum atomic E-state index is -1.01. The molecule has 230 valence electrons. The normalized spacial score (nSPS) is 13.0. The van der Waals surface area contributed by atoms with Crippen LogP contribution in [0.25, 0.3) is 11.1 Å². The first-order chi connectivity index (χ1) is 20.9. The summed E-state index contributed by atoms with van der Waals surface area (Å²) in [5.74, 6) is -0.300. The number of hydrogen-bond acceptors (Lipinski definition) is 5. The minimum absolute atomic E-state index is 0.0468. The van der Waals surface area contributed by atoms with Gasteiger partial charge in [-0.3, -0.25) is 14.4 Å². The molecule has 0 radical (unpaired) electrons. The molecule has 3 aromatic carbocycles. The Hall–Kier alpha value is -4.30. The Balaban J connectivity index is 1.74. The van der Waals surface area contributed by atoms with Crippen LogP contribution < -0.4 is 0 Å². The second kappa shape index (κ2) is 13.6. The van der Waals surface area contributed by atoms with Crippen molar-refractivity contribution in [3.8, 4) is 11.1 Å². The van der Waals surface area contributed by atoms with Crippen molar-refractivity contribution in [2.45, 2.75) is 51.9 Å². The average molecular weight is 615 g/mol. The third kappa shape index (κ3) is 6.31. The topological polar surface area (TPSA) is 91.6 Å². The molecule has 9 heteroatoms. The van der Waals surface area contributed by atoms with Crippen molar-refractivity contribution in [3.05, 3.63) is 94.0 Å². The van der Waals surface area contributed by atoms with Crippen molar-refractivity contribution in [1.29, 1.82) is 0 Å². The SMILES string of the molecule is CCCC1(CCC)c2ccc(C(=O)/C(Cl)=N/OC(=O)N=C(N(C)C)N(C)C)cc2-c2cc(C(=O)c3ccccc3C)ccc21. The zero-order chi connectivity index (χ0) is 32.2. The van der Waals surface area contributed by atoms with Gasteiger partial charge in [0.05, 0.1) is 0 Å². The number of rotatable bonds is 9. The molecule has 0 unspecified atom stereocenters. The first-order valence-electron chi connectivity index (χ1n) is 14.8. The molecule has 44 heavy (non-hydrogen) atoms. The summed E-state index contributed by atoms with van der Waals surface area (Å²) in [7, 11) is 6.93. The number of aryl methyl sites for hydroxylation is 1. The van der Waals surface area contributed by atoms with Crippen LogP contribution in [0.3, 0.4) is 0 Å². The largest absolute Gasteiger partial charge is 0.463 e. The zero-order valence-electron chi connectivity index (χ0n) is 26.4. The molecule has 1 amide bonds. The van der Waals surface area contributed by atoms with Crippen LogP contribution in [0.2, 0.25) is 0 Å². The van der Waals surface area contributed by atoms with Gasteiger partial charge in [-0.25, -0.2) is 4.79 Å². The third-order valence-electron chi connectivity index (χ3n) is 8.01. The molecule has 0 atom stereocenters. The Bertz CT molecular complexity index is 1640. The van der Waals surface area contributed by atoms with E-state index in [9.17, 15) is 14.4 Å². The predicted octanol–water partition coefficient (Wildman–Crippen LogP) is 7.44. The van der Waals surface area contributed by atoms with Gasteiger partial charge in [-0.1, -0.05) is 92.0 Å². The van der Waals surface area contributed by atoms with Gasteiger partial charge in [0.1, 0.15) is 0 Å². The summed E-state index contributed by atoms with van der Waals surface area (Å²) >= 11 is 6.24. The van der Waals surface area contributed by atoms with Gasteiger partial charge in [0, 0.05) is 50.3 Å². The molecular weight excluding hydrogens is 576 g/mol. The van der Waals surface area contributed by atoms with E-state index >= 15 is 0 Å². The summed E-state index contributed by atoms with van der Waals surface area (Å²) in [6, 6.07) is 19.0. The number of Topliss-reactive ketones (excluding diaryl/α,β-unsaturated/α-hetero) is 1. The number of hydrogen-bond donors (Lipinski definition) is 0. The maximum Gasteiger partial charge on any atom is 0.463 e. The van der Waals surface area contributed by atoms with Gasteiger partial charge in [-0.2, -0.15) is 0 Å². The van der Waals surface area contributed by atoms with E-state index in [4.69, 9.17) is 16.4 Å².